The number of nitrogens with zero attached hydrogens (tertiary/aromatic N) is 1. The van der Waals surface area contributed by atoms with Crippen LogP contribution in [0.1, 0.15) is 19.4 Å². The normalized spacial score (nSPS) is 10.3. The lowest BCUT2D eigenvalue weighted by molar-refractivity contribution is 0.323. The van der Waals surface area contributed by atoms with Crippen LogP contribution in [0.4, 0.5) is 0 Å². The van der Waals surface area contributed by atoms with Crippen molar-refractivity contribution in [3.63, 3.8) is 0 Å². The van der Waals surface area contributed by atoms with Crippen molar-refractivity contribution in [1.29, 1.82) is 0 Å². The Morgan fingerprint density at radius 2 is 1.86 bits per heavy atom. The second-order valence-corrected chi connectivity index (χ2v) is 5.74. The van der Waals surface area contributed by atoms with Gasteiger partial charge in [-0.25, -0.2) is 0 Å². The second-order valence-electron chi connectivity index (χ2n) is 4.52. The van der Waals surface area contributed by atoms with Crippen LogP contribution in [0.3, 0.4) is 0 Å². The largest absolute Gasteiger partial charge is 0.493 e. The molecule has 4 heteroatoms. The number of rotatable bonds is 9. The zero-order valence-electron chi connectivity index (χ0n) is 13.1. The van der Waals surface area contributed by atoms with E-state index in [0.29, 0.717) is 6.54 Å². The molecule has 0 aliphatic carbocycles. The van der Waals surface area contributed by atoms with Crippen LogP contribution in [0.5, 0.6) is 5.75 Å². The third-order valence-electron chi connectivity index (χ3n) is 3.13. The molecular formula is C17H26N2OS. The second kappa shape index (κ2) is 11.5. The standard InChI is InChI=1S/C17H26N2OS/c1-3-19(4-2)12-14-21-15-13-20-17-9-7-16(8-10-17)6-5-11-18/h7-10H,3-4,11-15,18H2,1-2H3. The van der Waals surface area contributed by atoms with Gasteiger partial charge in [0.25, 0.3) is 0 Å². The van der Waals surface area contributed by atoms with E-state index in [2.05, 4.69) is 30.6 Å². The van der Waals surface area contributed by atoms with Crippen molar-refractivity contribution in [3.05, 3.63) is 29.8 Å². The van der Waals surface area contributed by atoms with Gasteiger partial charge in [0.15, 0.2) is 0 Å². The summed E-state index contributed by atoms with van der Waals surface area (Å²) in [5.41, 5.74) is 6.32. The maximum absolute atomic E-state index is 5.72. The van der Waals surface area contributed by atoms with E-state index in [-0.39, 0.29) is 0 Å². The first-order chi connectivity index (χ1) is 10.3. The molecule has 0 heterocycles. The molecule has 0 aromatic heterocycles. The average Bonchev–Trinajstić information content (AvgIpc) is 2.53. The van der Waals surface area contributed by atoms with E-state index in [9.17, 15) is 0 Å². The maximum atomic E-state index is 5.72. The van der Waals surface area contributed by atoms with E-state index in [0.717, 1.165) is 43.3 Å². The van der Waals surface area contributed by atoms with E-state index in [1.807, 2.05) is 36.0 Å². The first-order valence-corrected chi connectivity index (χ1v) is 8.67. The summed E-state index contributed by atoms with van der Waals surface area (Å²) in [4.78, 5) is 2.44. The molecule has 2 N–H and O–H groups in total. The molecule has 1 aromatic rings. The molecule has 0 saturated carbocycles. The van der Waals surface area contributed by atoms with Crippen LogP contribution >= 0.6 is 11.8 Å². The Labute approximate surface area is 133 Å². The average molecular weight is 306 g/mol. The summed E-state index contributed by atoms with van der Waals surface area (Å²) in [7, 11) is 0. The van der Waals surface area contributed by atoms with Crippen molar-refractivity contribution in [3.8, 4) is 17.6 Å². The molecule has 21 heavy (non-hydrogen) atoms. The van der Waals surface area contributed by atoms with E-state index in [4.69, 9.17) is 10.5 Å². The highest BCUT2D eigenvalue weighted by molar-refractivity contribution is 7.99. The highest BCUT2D eigenvalue weighted by Gasteiger charge is 1.99. The predicted molar refractivity (Wildman–Crippen MR) is 93.0 cm³/mol. The zero-order chi connectivity index (χ0) is 15.3. The summed E-state index contributed by atoms with van der Waals surface area (Å²) in [5.74, 6) is 8.93. The first kappa shape index (κ1) is 17.9. The predicted octanol–water partition coefficient (Wildman–Crippen LogP) is 2.45. The van der Waals surface area contributed by atoms with Crippen LogP contribution in [-0.2, 0) is 0 Å². The highest BCUT2D eigenvalue weighted by Crippen LogP contribution is 2.12. The van der Waals surface area contributed by atoms with Gasteiger partial charge in [0.05, 0.1) is 13.2 Å². The Bertz CT molecular complexity index is 432. The molecule has 0 atom stereocenters. The van der Waals surface area contributed by atoms with E-state index in [1.54, 1.807) is 0 Å². The van der Waals surface area contributed by atoms with Crippen LogP contribution in [0.25, 0.3) is 0 Å². The summed E-state index contributed by atoms with van der Waals surface area (Å²) in [5, 5.41) is 0. The number of hydrogen-bond acceptors (Lipinski definition) is 4. The maximum Gasteiger partial charge on any atom is 0.119 e. The molecule has 0 aliphatic rings. The fraction of sp³-hybridized carbons (Fsp3) is 0.529. The third kappa shape index (κ3) is 8.01. The number of nitrogens with two attached hydrogens (primary N) is 1. The summed E-state index contributed by atoms with van der Waals surface area (Å²) in [6.07, 6.45) is 0. The molecule has 0 fully saturated rings. The summed E-state index contributed by atoms with van der Waals surface area (Å²) in [6, 6.07) is 7.85. The van der Waals surface area contributed by atoms with Gasteiger partial charge < -0.3 is 15.4 Å². The monoisotopic (exact) mass is 306 g/mol. The molecule has 0 amide bonds. The van der Waals surface area contributed by atoms with Crippen LogP contribution in [0.15, 0.2) is 24.3 Å². The van der Waals surface area contributed by atoms with Gasteiger partial charge in [-0.15, -0.1) is 0 Å². The van der Waals surface area contributed by atoms with Crippen molar-refractivity contribution in [2.24, 2.45) is 5.73 Å². The quantitative estimate of drug-likeness (QED) is 0.562. The van der Waals surface area contributed by atoms with E-state index in [1.165, 1.54) is 5.75 Å². The smallest absolute Gasteiger partial charge is 0.119 e. The molecular weight excluding hydrogens is 280 g/mol. The molecule has 0 aliphatic heterocycles. The number of hydrogen-bond donors (Lipinski definition) is 1. The minimum absolute atomic E-state index is 0.392. The fourth-order valence-corrected chi connectivity index (χ4v) is 2.63. The van der Waals surface area contributed by atoms with Gasteiger partial charge in [-0.2, -0.15) is 11.8 Å². The minimum atomic E-state index is 0.392. The molecule has 1 rings (SSSR count). The molecule has 0 unspecified atom stereocenters. The van der Waals surface area contributed by atoms with Crippen LogP contribution in [0, 0.1) is 11.8 Å². The molecule has 116 valence electrons. The number of thioether (sulfide) groups is 1. The molecule has 0 saturated heterocycles. The van der Waals surface area contributed by atoms with Gasteiger partial charge in [0, 0.05) is 23.6 Å². The Hall–Kier alpha value is -1.15. The molecule has 0 bridgehead atoms. The SMILES string of the molecule is CCN(CC)CCSCCOc1ccc(C#CCN)cc1. The van der Waals surface area contributed by atoms with Crippen LogP contribution in [-0.4, -0.2) is 49.2 Å². The van der Waals surface area contributed by atoms with Crippen molar-refractivity contribution in [2.45, 2.75) is 13.8 Å². The van der Waals surface area contributed by atoms with Gasteiger partial charge in [-0.3, -0.25) is 0 Å². The van der Waals surface area contributed by atoms with Crippen molar-refractivity contribution < 1.29 is 4.74 Å². The van der Waals surface area contributed by atoms with Crippen molar-refractivity contribution in [1.82, 2.24) is 4.90 Å². The minimum Gasteiger partial charge on any atom is -0.493 e. The molecule has 0 spiro atoms. The Balaban J connectivity index is 2.15. The lowest BCUT2D eigenvalue weighted by atomic mass is 10.2. The van der Waals surface area contributed by atoms with Crippen LogP contribution in [0.2, 0.25) is 0 Å². The molecule has 0 radical (unpaired) electrons. The zero-order valence-corrected chi connectivity index (χ0v) is 13.9. The summed E-state index contributed by atoms with van der Waals surface area (Å²) < 4.78 is 5.72. The van der Waals surface area contributed by atoms with Crippen molar-refractivity contribution in [2.75, 3.05) is 44.3 Å². The van der Waals surface area contributed by atoms with E-state index >= 15 is 0 Å². The Morgan fingerprint density at radius 3 is 2.48 bits per heavy atom. The van der Waals surface area contributed by atoms with Crippen molar-refractivity contribution >= 4 is 11.8 Å². The van der Waals surface area contributed by atoms with Gasteiger partial charge in [0.1, 0.15) is 5.75 Å². The van der Waals surface area contributed by atoms with Gasteiger partial charge in [-0.05, 0) is 37.4 Å². The van der Waals surface area contributed by atoms with Gasteiger partial charge >= 0.3 is 0 Å². The lowest BCUT2D eigenvalue weighted by Crippen LogP contribution is -2.25. The van der Waals surface area contributed by atoms with Gasteiger partial charge in [-0.1, -0.05) is 25.7 Å². The van der Waals surface area contributed by atoms with Gasteiger partial charge in [0.2, 0.25) is 0 Å². The Morgan fingerprint density at radius 1 is 1.14 bits per heavy atom. The third-order valence-corrected chi connectivity index (χ3v) is 4.06. The molecule has 1 aromatic carbocycles. The van der Waals surface area contributed by atoms with E-state index < -0.39 is 0 Å². The molecule has 3 nitrogen and oxygen atoms in total. The highest BCUT2D eigenvalue weighted by atomic mass is 32.2. The number of ether oxygens (including phenoxy) is 1. The number of benzene rings is 1. The fourth-order valence-electron chi connectivity index (χ4n) is 1.84. The Kier molecular flexibility index (Phi) is 9.81. The first-order valence-electron chi connectivity index (χ1n) is 7.52. The summed E-state index contributed by atoms with van der Waals surface area (Å²) >= 11 is 1.94. The topological polar surface area (TPSA) is 38.5 Å². The van der Waals surface area contributed by atoms with Crippen LogP contribution < -0.4 is 10.5 Å². The lowest BCUT2D eigenvalue weighted by Gasteiger charge is -2.17. The summed E-state index contributed by atoms with van der Waals surface area (Å²) in [6.45, 7) is 8.98.